The fourth-order valence-electron chi connectivity index (χ4n) is 1.76. The van der Waals surface area contributed by atoms with Gasteiger partial charge in [-0.3, -0.25) is 0 Å². The highest BCUT2D eigenvalue weighted by atomic mass is 79.9. The largest absolute Gasteiger partial charge is 0.464 e. The number of ether oxygens (including phenoxy) is 2. The number of unbranched alkanes of at least 4 members (excludes halogenated alkanes) is 1. The Kier molecular flexibility index (Phi) is 8.80. The van der Waals surface area contributed by atoms with Crippen molar-refractivity contribution >= 4 is 21.9 Å². The molecule has 1 aromatic carbocycles. The SMILES string of the molecule is CCOC(=O)C(Cc1ccc(C#CCCCBr)cc1)OC. The van der Waals surface area contributed by atoms with Crippen molar-refractivity contribution in [2.75, 3.05) is 19.0 Å². The van der Waals surface area contributed by atoms with Crippen LogP contribution in [0.2, 0.25) is 0 Å². The number of hydrogen-bond acceptors (Lipinski definition) is 3. The van der Waals surface area contributed by atoms with Gasteiger partial charge in [-0.25, -0.2) is 4.79 Å². The van der Waals surface area contributed by atoms with Crippen LogP contribution >= 0.6 is 15.9 Å². The van der Waals surface area contributed by atoms with Gasteiger partial charge in [-0.2, -0.15) is 0 Å². The first kappa shape index (κ1) is 17.7. The van der Waals surface area contributed by atoms with E-state index in [1.165, 1.54) is 7.11 Å². The van der Waals surface area contributed by atoms with E-state index >= 15 is 0 Å². The second-order valence-corrected chi connectivity index (χ2v) is 5.26. The third-order valence-corrected chi connectivity index (χ3v) is 3.44. The number of carbonyl (C=O) groups is 1. The van der Waals surface area contributed by atoms with Gasteiger partial charge in [0.25, 0.3) is 0 Å². The Morgan fingerprint density at radius 2 is 2.05 bits per heavy atom. The minimum Gasteiger partial charge on any atom is -0.464 e. The smallest absolute Gasteiger partial charge is 0.335 e. The summed E-state index contributed by atoms with van der Waals surface area (Å²) in [6, 6.07) is 7.88. The lowest BCUT2D eigenvalue weighted by molar-refractivity contribution is -0.154. The number of rotatable bonds is 7. The molecule has 0 N–H and O–H groups in total. The topological polar surface area (TPSA) is 35.5 Å². The van der Waals surface area contributed by atoms with E-state index in [1.54, 1.807) is 6.92 Å². The first-order chi connectivity index (χ1) is 10.2. The Morgan fingerprint density at radius 3 is 2.62 bits per heavy atom. The summed E-state index contributed by atoms with van der Waals surface area (Å²) in [7, 11) is 1.52. The van der Waals surface area contributed by atoms with E-state index in [0.717, 1.165) is 29.3 Å². The summed E-state index contributed by atoms with van der Waals surface area (Å²) in [5, 5.41) is 0.979. The third kappa shape index (κ3) is 6.79. The highest BCUT2D eigenvalue weighted by Gasteiger charge is 2.19. The molecule has 1 rings (SSSR count). The molecule has 0 aliphatic heterocycles. The summed E-state index contributed by atoms with van der Waals surface area (Å²) >= 11 is 3.38. The molecule has 1 atom stereocenters. The average Bonchev–Trinajstić information content (AvgIpc) is 2.50. The lowest BCUT2D eigenvalue weighted by Gasteiger charge is -2.13. The van der Waals surface area contributed by atoms with Crippen LogP contribution in [-0.4, -0.2) is 31.1 Å². The molecule has 1 unspecified atom stereocenters. The minimum absolute atomic E-state index is 0.321. The van der Waals surface area contributed by atoms with Gasteiger partial charge in [0, 0.05) is 30.8 Å². The van der Waals surface area contributed by atoms with Crippen molar-refractivity contribution < 1.29 is 14.3 Å². The van der Waals surface area contributed by atoms with E-state index < -0.39 is 6.10 Å². The molecule has 4 heteroatoms. The molecule has 21 heavy (non-hydrogen) atoms. The molecular weight excluding hydrogens is 332 g/mol. The predicted molar refractivity (Wildman–Crippen MR) is 87.5 cm³/mol. The first-order valence-corrected chi connectivity index (χ1v) is 8.16. The second-order valence-electron chi connectivity index (χ2n) is 4.47. The van der Waals surface area contributed by atoms with Crippen molar-refractivity contribution in [1.82, 2.24) is 0 Å². The van der Waals surface area contributed by atoms with Gasteiger partial charge in [0.1, 0.15) is 0 Å². The number of esters is 1. The van der Waals surface area contributed by atoms with Crippen LogP contribution in [-0.2, 0) is 20.7 Å². The maximum Gasteiger partial charge on any atom is 0.335 e. The van der Waals surface area contributed by atoms with Gasteiger partial charge in [0.15, 0.2) is 6.10 Å². The summed E-state index contributed by atoms with van der Waals surface area (Å²) in [4.78, 5) is 11.7. The zero-order chi connectivity index (χ0) is 15.5. The fourth-order valence-corrected chi connectivity index (χ4v) is 2.04. The van der Waals surface area contributed by atoms with Gasteiger partial charge in [0.2, 0.25) is 0 Å². The molecule has 0 heterocycles. The van der Waals surface area contributed by atoms with Crippen LogP contribution < -0.4 is 0 Å². The van der Waals surface area contributed by atoms with Crippen LogP contribution in [0.15, 0.2) is 24.3 Å². The van der Waals surface area contributed by atoms with E-state index in [2.05, 4.69) is 27.8 Å². The minimum atomic E-state index is -0.555. The number of alkyl halides is 1. The van der Waals surface area contributed by atoms with E-state index in [4.69, 9.17) is 9.47 Å². The Bertz CT molecular complexity index is 485. The van der Waals surface area contributed by atoms with Crippen LogP contribution in [0.5, 0.6) is 0 Å². The zero-order valence-corrected chi connectivity index (χ0v) is 14.1. The first-order valence-electron chi connectivity index (χ1n) is 7.04. The summed E-state index contributed by atoms with van der Waals surface area (Å²) in [6.07, 6.45) is 1.90. The third-order valence-electron chi connectivity index (χ3n) is 2.88. The highest BCUT2D eigenvalue weighted by Crippen LogP contribution is 2.09. The maximum atomic E-state index is 11.7. The molecule has 0 saturated carbocycles. The van der Waals surface area contributed by atoms with Gasteiger partial charge >= 0.3 is 5.97 Å². The predicted octanol–water partition coefficient (Wildman–Crippen LogP) is 3.33. The second kappa shape index (κ2) is 10.4. The summed E-state index contributed by atoms with van der Waals surface area (Å²) < 4.78 is 10.2. The van der Waals surface area contributed by atoms with Gasteiger partial charge in [-0.05, 0) is 31.0 Å². The van der Waals surface area contributed by atoms with E-state index in [1.807, 2.05) is 24.3 Å². The normalized spacial score (nSPS) is 11.4. The Morgan fingerprint density at radius 1 is 1.33 bits per heavy atom. The maximum absolute atomic E-state index is 11.7. The van der Waals surface area contributed by atoms with Crippen molar-refractivity contribution in [2.24, 2.45) is 0 Å². The molecule has 0 fully saturated rings. The fraction of sp³-hybridized carbons (Fsp3) is 0.471. The van der Waals surface area contributed by atoms with Gasteiger partial charge in [-0.15, -0.1) is 0 Å². The molecule has 1 aromatic rings. The molecule has 114 valence electrons. The molecule has 0 saturated heterocycles. The van der Waals surface area contributed by atoms with E-state index in [9.17, 15) is 4.79 Å². The molecule has 0 radical (unpaired) electrons. The number of hydrogen-bond donors (Lipinski definition) is 0. The highest BCUT2D eigenvalue weighted by molar-refractivity contribution is 9.09. The summed E-state index contributed by atoms with van der Waals surface area (Å²) in [5.74, 6) is 5.93. The molecule has 0 amide bonds. The Labute approximate surface area is 135 Å². The van der Waals surface area contributed by atoms with Crippen molar-refractivity contribution in [3.05, 3.63) is 35.4 Å². The summed E-state index contributed by atoms with van der Waals surface area (Å²) in [6.45, 7) is 2.15. The molecule has 0 aliphatic carbocycles. The quantitative estimate of drug-likeness (QED) is 0.326. The molecule has 3 nitrogen and oxygen atoms in total. The lowest BCUT2D eigenvalue weighted by atomic mass is 10.1. The lowest BCUT2D eigenvalue weighted by Crippen LogP contribution is -2.27. The van der Waals surface area contributed by atoms with Crippen molar-refractivity contribution in [3.8, 4) is 11.8 Å². The van der Waals surface area contributed by atoms with E-state index in [0.29, 0.717) is 13.0 Å². The van der Waals surface area contributed by atoms with Crippen LogP contribution in [0.25, 0.3) is 0 Å². The Hall–Kier alpha value is -1.31. The standard InChI is InChI=1S/C17H21BrO3/c1-3-21-17(19)16(20-2)13-15-10-8-14(9-11-15)7-5-4-6-12-18/h8-11,16H,3-4,6,12-13H2,1-2H3. The molecular formula is C17H21BrO3. The van der Waals surface area contributed by atoms with Gasteiger partial charge in [-0.1, -0.05) is 39.9 Å². The van der Waals surface area contributed by atoms with Gasteiger partial charge < -0.3 is 9.47 Å². The number of carbonyl (C=O) groups excluding carboxylic acids is 1. The molecule has 0 spiro atoms. The number of benzene rings is 1. The van der Waals surface area contributed by atoms with Crippen LogP contribution in [0.1, 0.15) is 30.9 Å². The van der Waals surface area contributed by atoms with Crippen LogP contribution in [0, 0.1) is 11.8 Å². The molecule has 0 aromatic heterocycles. The molecule has 0 aliphatic rings. The van der Waals surface area contributed by atoms with Crippen molar-refractivity contribution in [3.63, 3.8) is 0 Å². The van der Waals surface area contributed by atoms with Gasteiger partial charge in [0.05, 0.1) is 6.61 Å². The van der Waals surface area contributed by atoms with E-state index in [-0.39, 0.29) is 5.97 Å². The van der Waals surface area contributed by atoms with Crippen LogP contribution in [0.3, 0.4) is 0 Å². The number of methoxy groups -OCH3 is 1. The van der Waals surface area contributed by atoms with Crippen molar-refractivity contribution in [2.45, 2.75) is 32.3 Å². The van der Waals surface area contributed by atoms with Crippen molar-refractivity contribution in [1.29, 1.82) is 0 Å². The average molecular weight is 353 g/mol. The Balaban J connectivity index is 2.60. The van der Waals surface area contributed by atoms with Crippen LogP contribution in [0.4, 0.5) is 0 Å². The summed E-state index contributed by atoms with van der Waals surface area (Å²) in [5.41, 5.74) is 2.01. The monoisotopic (exact) mass is 352 g/mol. The number of halogens is 1. The molecule has 0 bridgehead atoms. The zero-order valence-electron chi connectivity index (χ0n) is 12.5.